The molecule has 15 heteroatoms. The molecule has 6 rings (SSSR count). The highest BCUT2D eigenvalue weighted by atomic mass is 19.3. The van der Waals surface area contributed by atoms with E-state index in [-0.39, 0.29) is 36.5 Å². The first-order valence-corrected chi connectivity index (χ1v) is 13.3. The van der Waals surface area contributed by atoms with Crippen LogP contribution < -0.4 is 15.5 Å². The Morgan fingerprint density at radius 3 is 2.60 bits per heavy atom. The smallest absolute Gasteiger partial charge is 0.333 e. The van der Waals surface area contributed by atoms with Crippen LogP contribution in [0.4, 0.5) is 20.5 Å². The largest absolute Gasteiger partial charge is 0.378 e. The monoisotopic (exact) mass is 556 g/mol. The maximum atomic E-state index is 13.1. The molecule has 3 saturated heterocycles. The first-order chi connectivity index (χ1) is 19.4. The van der Waals surface area contributed by atoms with Crippen LogP contribution in [-0.2, 0) is 14.3 Å². The topological polar surface area (TPSA) is 135 Å². The second kappa shape index (κ2) is 10.8. The number of aromatic nitrogens is 6. The highest BCUT2D eigenvalue weighted by Gasteiger charge is 2.42. The van der Waals surface area contributed by atoms with Gasteiger partial charge in [-0.05, 0) is 31.8 Å². The number of hydrogen-bond donors (Lipinski definition) is 2. The van der Waals surface area contributed by atoms with Gasteiger partial charge in [-0.2, -0.15) is 23.8 Å². The number of rotatable bonds is 8. The van der Waals surface area contributed by atoms with Gasteiger partial charge in [0.2, 0.25) is 17.8 Å². The summed E-state index contributed by atoms with van der Waals surface area (Å²) in [5.41, 5.74) is 1.15. The highest BCUT2D eigenvalue weighted by molar-refractivity contribution is 5.89. The number of hydrogen-bond acceptors (Lipinski definition) is 9. The molecule has 3 aliphatic heterocycles. The number of nitrogens with one attached hydrogen (secondary N) is 2. The van der Waals surface area contributed by atoms with Gasteiger partial charge in [0.1, 0.15) is 6.33 Å². The molecule has 13 nitrogen and oxygen atoms in total. The van der Waals surface area contributed by atoms with Crippen LogP contribution >= 0.6 is 0 Å². The van der Waals surface area contributed by atoms with Gasteiger partial charge in [0.05, 0.1) is 37.8 Å². The molecule has 2 N–H and O–H groups in total. The van der Waals surface area contributed by atoms with Crippen LogP contribution in [0, 0.1) is 0 Å². The number of piperidine rings is 1. The van der Waals surface area contributed by atoms with E-state index in [4.69, 9.17) is 4.74 Å². The molecule has 0 spiro atoms. The Kier molecular flexibility index (Phi) is 7.04. The molecule has 3 aromatic rings. The lowest BCUT2D eigenvalue weighted by molar-refractivity contribution is -0.130. The zero-order valence-electron chi connectivity index (χ0n) is 21.7. The van der Waals surface area contributed by atoms with Gasteiger partial charge in [0.15, 0.2) is 17.0 Å². The maximum absolute atomic E-state index is 13.1. The molecular formula is C25H30F2N10O3. The van der Waals surface area contributed by atoms with E-state index in [9.17, 15) is 18.4 Å². The van der Waals surface area contributed by atoms with Gasteiger partial charge in [-0.1, -0.05) is 6.58 Å². The Morgan fingerprint density at radius 2 is 1.93 bits per heavy atom. The summed E-state index contributed by atoms with van der Waals surface area (Å²) in [6, 6.07) is 0.192. The van der Waals surface area contributed by atoms with Crippen molar-refractivity contribution in [3.8, 4) is 5.69 Å². The fourth-order valence-electron chi connectivity index (χ4n) is 5.87. The lowest BCUT2D eigenvalue weighted by atomic mass is 9.97. The second-order valence-electron chi connectivity index (χ2n) is 10.1. The molecule has 0 radical (unpaired) electrons. The predicted octanol–water partition coefficient (Wildman–Crippen LogP) is 1.48. The van der Waals surface area contributed by atoms with Crippen LogP contribution in [0.5, 0.6) is 0 Å². The zero-order valence-corrected chi connectivity index (χ0v) is 21.7. The molecule has 3 aromatic heterocycles. The fraction of sp³-hybridized carbons (Fsp3) is 0.520. The van der Waals surface area contributed by atoms with Gasteiger partial charge in [0.25, 0.3) is 0 Å². The zero-order chi connectivity index (χ0) is 27.8. The number of nitrogens with zero attached hydrogens (tertiary/aromatic N) is 8. The molecule has 3 atom stereocenters. The number of amides is 2. The van der Waals surface area contributed by atoms with Crippen LogP contribution in [0.3, 0.4) is 0 Å². The Bertz CT molecular complexity index is 1400. The Balaban J connectivity index is 1.20. The molecule has 2 bridgehead atoms. The van der Waals surface area contributed by atoms with Crippen molar-refractivity contribution in [3.05, 3.63) is 31.4 Å². The van der Waals surface area contributed by atoms with Gasteiger partial charge in [-0.25, -0.2) is 9.67 Å². The minimum absolute atomic E-state index is 0.0272. The summed E-state index contributed by atoms with van der Waals surface area (Å²) >= 11 is 0. The van der Waals surface area contributed by atoms with E-state index in [1.165, 1.54) is 24.8 Å². The molecule has 40 heavy (non-hydrogen) atoms. The van der Waals surface area contributed by atoms with E-state index in [1.54, 1.807) is 4.57 Å². The second-order valence-corrected chi connectivity index (χ2v) is 10.1. The highest BCUT2D eigenvalue weighted by Crippen LogP contribution is 2.36. The van der Waals surface area contributed by atoms with E-state index in [0.29, 0.717) is 72.4 Å². The van der Waals surface area contributed by atoms with Crippen LogP contribution in [0.15, 0.2) is 31.4 Å². The number of alkyl halides is 2. The fourth-order valence-corrected chi connectivity index (χ4v) is 5.87. The van der Waals surface area contributed by atoms with Crippen LogP contribution in [0.1, 0.15) is 32.2 Å². The van der Waals surface area contributed by atoms with Gasteiger partial charge in [0, 0.05) is 31.2 Å². The summed E-state index contributed by atoms with van der Waals surface area (Å²) in [6.45, 7) is 2.99. The normalized spacial score (nSPS) is 22.6. The molecule has 1 unspecified atom stereocenters. The molecule has 3 aliphatic rings. The third-order valence-corrected chi connectivity index (χ3v) is 7.69. The van der Waals surface area contributed by atoms with E-state index in [0.717, 1.165) is 12.8 Å². The number of imidazole rings is 1. The van der Waals surface area contributed by atoms with Crippen molar-refractivity contribution in [1.82, 2.24) is 39.5 Å². The van der Waals surface area contributed by atoms with E-state index in [1.807, 2.05) is 9.80 Å². The van der Waals surface area contributed by atoms with E-state index >= 15 is 0 Å². The number of anilines is 2. The van der Waals surface area contributed by atoms with Crippen molar-refractivity contribution >= 4 is 34.7 Å². The molecule has 0 aliphatic carbocycles. The summed E-state index contributed by atoms with van der Waals surface area (Å²) in [5, 5.41) is 9.91. The van der Waals surface area contributed by atoms with Gasteiger partial charge >= 0.3 is 6.55 Å². The summed E-state index contributed by atoms with van der Waals surface area (Å²) in [6.07, 6.45) is 8.61. The van der Waals surface area contributed by atoms with Crippen molar-refractivity contribution in [2.75, 3.05) is 43.1 Å². The average molecular weight is 557 g/mol. The molecule has 6 heterocycles. The number of morpholine rings is 1. The molecule has 0 saturated carbocycles. The minimum atomic E-state index is -2.78. The number of carbonyl (C=O) groups is 2. The number of halogens is 2. The molecule has 212 valence electrons. The van der Waals surface area contributed by atoms with E-state index in [2.05, 4.69) is 37.3 Å². The summed E-state index contributed by atoms with van der Waals surface area (Å²) in [4.78, 5) is 42.8. The van der Waals surface area contributed by atoms with Crippen molar-refractivity contribution in [2.24, 2.45) is 0 Å². The standard InChI is InChI=1S/C25H30F2N10O3/c1-2-20(39)37-16-3-4-17(37)10-15(9-16)31-19(38)12-28-22-21-23(33-25(32-22)34-5-7-40-8-6-34)35(14-29-21)18-11-30-36(13-18)24(26)27/h2,11,13-17,24H,1,3-10,12H2,(H,31,38)(H,28,32,33)/t15?,16-,17+. The van der Waals surface area contributed by atoms with Crippen molar-refractivity contribution in [1.29, 1.82) is 0 Å². The predicted molar refractivity (Wildman–Crippen MR) is 140 cm³/mol. The SMILES string of the molecule is C=CC(=O)N1[C@@H]2CC[C@H]1CC(NC(=O)CNc1nc(N3CCOCC3)nc3c1ncn3-c1cnn(C(F)F)c1)C2. The van der Waals surface area contributed by atoms with E-state index < -0.39 is 6.55 Å². The summed E-state index contributed by atoms with van der Waals surface area (Å²) in [5.74, 6) is 0.514. The number of fused-ring (bicyclic) bond motifs is 3. The van der Waals surface area contributed by atoms with Crippen molar-refractivity contribution in [2.45, 2.75) is 50.4 Å². The van der Waals surface area contributed by atoms with Crippen molar-refractivity contribution < 1.29 is 23.1 Å². The van der Waals surface area contributed by atoms with Gasteiger partial charge in [-0.15, -0.1) is 0 Å². The number of ether oxygens (including phenoxy) is 1. The molecular weight excluding hydrogens is 526 g/mol. The van der Waals surface area contributed by atoms with Gasteiger partial charge in [-0.3, -0.25) is 14.2 Å². The summed E-state index contributed by atoms with van der Waals surface area (Å²) in [7, 11) is 0. The first-order valence-electron chi connectivity index (χ1n) is 13.3. The third-order valence-electron chi connectivity index (χ3n) is 7.69. The molecule has 3 fully saturated rings. The lowest BCUT2D eigenvalue weighted by Gasteiger charge is -2.38. The lowest BCUT2D eigenvalue weighted by Crippen LogP contribution is -2.52. The molecule has 0 aromatic carbocycles. The maximum Gasteiger partial charge on any atom is 0.333 e. The van der Waals surface area contributed by atoms with Gasteiger partial charge < -0.3 is 25.2 Å². The number of carbonyl (C=O) groups excluding carboxylic acids is 2. The van der Waals surface area contributed by atoms with Crippen molar-refractivity contribution in [3.63, 3.8) is 0 Å². The minimum Gasteiger partial charge on any atom is -0.378 e. The first kappa shape index (κ1) is 26.1. The molecule has 2 amide bonds. The third kappa shape index (κ3) is 4.96. The quantitative estimate of drug-likeness (QED) is 0.396. The van der Waals surface area contributed by atoms with Crippen LogP contribution in [0.25, 0.3) is 16.9 Å². The van der Waals surface area contributed by atoms with Crippen LogP contribution in [-0.4, -0.2) is 97.0 Å². The summed E-state index contributed by atoms with van der Waals surface area (Å²) < 4.78 is 33.8. The average Bonchev–Trinajstić information content (AvgIpc) is 3.68. The Morgan fingerprint density at radius 1 is 1.18 bits per heavy atom. The Labute approximate surface area is 228 Å². The van der Waals surface area contributed by atoms with Crippen LogP contribution in [0.2, 0.25) is 0 Å². The Hall–Kier alpha value is -4.14.